The zero-order valence-corrected chi connectivity index (χ0v) is 17.7. The molecule has 0 spiro atoms. The molecule has 0 unspecified atom stereocenters. The smallest absolute Gasteiger partial charge is 0.257 e. The molecule has 3 aromatic carbocycles. The van der Waals surface area contributed by atoms with Crippen LogP contribution in [0.3, 0.4) is 0 Å². The molecule has 2 saturated heterocycles. The third-order valence-corrected chi connectivity index (χ3v) is 6.62. The monoisotopic (exact) mass is 448 g/mol. The summed E-state index contributed by atoms with van der Waals surface area (Å²) in [5.74, 6) is -1.84. The van der Waals surface area contributed by atoms with Crippen LogP contribution >= 0.6 is 0 Å². The number of aliphatic hydroxyl groups is 1. The summed E-state index contributed by atoms with van der Waals surface area (Å²) < 4.78 is 27.4. The van der Waals surface area contributed by atoms with Gasteiger partial charge in [-0.1, -0.05) is 48.5 Å². The maximum Gasteiger partial charge on any atom is 0.257 e. The lowest BCUT2D eigenvalue weighted by atomic mass is 9.73. The topological polar surface area (TPSA) is 60.9 Å². The van der Waals surface area contributed by atoms with Gasteiger partial charge in [-0.25, -0.2) is 8.78 Å². The van der Waals surface area contributed by atoms with Crippen molar-refractivity contribution in [3.63, 3.8) is 0 Å². The Morgan fingerprint density at radius 3 is 2.21 bits per heavy atom. The molecule has 3 atom stereocenters. The Hall–Kier alpha value is -3.58. The van der Waals surface area contributed by atoms with Gasteiger partial charge in [0.1, 0.15) is 18.2 Å². The molecule has 0 bridgehead atoms. The number of aliphatic hydroxyl groups excluding tert-OH is 1. The van der Waals surface area contributed by atoms with E-state index in [1.54, 1.807) is 23.1 Å². The lowest BCUT2D eigenvalue weighted by Gasteiger charge is -2.58. The number of hydrogen-bond donors (Lipinski definition) is 1. The van der Waals surface area contributed by atoms with E-state index in [2.05, 4.69) is 0 Å². The van der Waals surface area contributed by atoms with Gasteiger partial charge in [0.15, 0.2) is 0 Å². The third kappa shape index (κ3) is 3.68. The lowest BCUT2D eigenvalue weighted by Crippen LogP contribution is -2.73. The predicted octanol–water partition coefficient (Wildman–Crippen LogP) is 3.44. The van der Waals surface area contributed by atoms with Gasteiger partial charge < -0.3 is 14.9 Å². The van der Waals surface area contributed by atoms with Crippen molar-refractivity contribution in [2.45, 2.75) is 18.0 Å². The molecule has 0 saturated carbocycles. The maximum atomic E-state index is 14.1. The van der Waals surface area contributed by atoms with Crippen LogP contribution in [0.25, 0.3) is 11.1 Å². The molecule has 1 N–H and O–H groups in total. The van der Waals surface area contributed by atoms with E-state index in [0.29, 0.717) is 0 Å². The van der Waals surface area contributed by atoms with E-state index in [1.807, 2.05) is 24.3 Å². The first-order valence-electron chi connectivity index (χ1n) is 10.8. The summed E-state index contributed by atoms with van der Waals surface area (Å²) in [7, 11) is 0. The van der Waals surface area contributed by atoms with Gasteiger partial charge in [0.25, 0.3) is 5.91 Å². The molecule has 168 valence electrons. The summed E-state index contributed by atoms with van der Waals surface area (Å²) in [6.45, 7) is -0.0654. The first-order chi connectivity index (χ1) is 16.0. The Balaban J connectivity index is 1.39. The van der Waals surface area contributed by atoms with E-state index >= 15 is 0 Å². The number of hydrogen-bond acceptors (Lipinski definition) is 3. The second-order valence-electron chi connectivity index (χ2n) is 8.44. The van der Waals surface area contributed by atoms with Gasteiger partial charge >= 0.3 is 0 Å². The summed E-state index contributed by atoms with van der Waals surface area (Å²) in [5.41, 5.74) is 2.68. The molecule has 3 aromatic rings. The number of amides is 2. The quantitative estimate of drug-likeness (QED) is 0.665. The van der Waals surface area contributed by atoms with Gasteiger partial charge in [0, 0.05) is 12.5 Å². The zero-order valence-electron chi connectivity index (χ0n) is 17.7. The number of rotatable bonds is 4. The molecule has 2 amide bonds. The molecule has 2 aliphatic rings. The molecule has 33 heavy (non-hydrogen) atoms. The van der Waals surface area contributed by atoms with Crippen LogP contribution in [0.1, 0.15) is 21.8 Å². The molecule has 7 heteroatoms. The fourth-order valence-corrected chi connectivity index (χ4v) is 5.00. The van der Waals surface area contributed by atoms with Crippen LogP contribution in [0.4, 0.5) is 8.78 Å². The number of halogens is 2. The van der Waals surface area contributed by atoms with Gasteiger partial charge in [-0.3, -0.25) is 9.59 Å². The van der Waals surface area contributed by atoms with Crippen molar-refractivity contribution in [3.8, 4) is 11.1 Å². The first kappa shape index (κ1) is 21.3. The fraction of sp³-hybridized carbons (Fsp3) is 0.231. The van der Waals surface area contributed by atoms with Crippen molar-refractivity contribution in [2.24, 2.45) is 0 Å². The second kappa shape index (κ2) is 8.41. The van der Waals surface area contributed by atoms with E-state index in [1.165, 1.54) is 35.2 Å². The van der Waals surface area contributed by atoms with Gasteiger partial charge in [-0.05, 0) is 41.0 Å². The molecule has 0 radical (unpaired) electrons. The average molecular weight is 448 g/mol. The van der Waals surface area contributed by atoms with Crippen molar-refractivity contribution in [3.05, 3.63) is 95.6 Å². The Kier molecular flexibility index (Phi) is 5.42. The number of carbonyl (C=O) groups excluding carboxylic acids is 2. The lowest BCUT2D eigenvalue weighted by molar-refractivity contribution is -0.159. The molecule has 2 aliphatic heterocycles. The summed E-state index contributed by atoms with van der Waals surface area (Å²) in [5, 5.41) is 9.96. The molecule has 0 aromatic heterocycles. The fourth-order valence-electron chi connectivity index (χ4n) is 5.00. The summed E-state index contributed by atoms with van der Waals surface area (Å²) in [6, 6.07) is 19.0. The molecule has 5 nitrogen and oxygen atoms in total. The SMILES string of the molecule is O=C(c1ccccc1F)N1CC(=O)N2[C@H](CO)[C@H](c3ccc(-c4ccc(F)cc4)cc3)[C@H]2C1. The highest BCUT2D eigenvalue weighted by Crippen LogP contribution is 2.43. The van der Waals surface area contributed by atoms with Crippen molar-refractivity contribution in [1.82, 2.24) is 9.80 Å². The number of piperazine rings is 1. The number of benzene rings is 3. The molecule has 2 heterocycles. The third-order valence-electron chi connectivity index (χ3n) is 6.62. The van der Waals surface area contributed by atoms with E-state index in [9.17, 15) is 23.5 Å². The molecule has 0 aliphatic carbocycles. The van der Waals surface area contributed by atoms with E-state index < -0.39 is 11.7 Å². The molecular weight excluding hydrogens is 426 g/mol. The Morgan fingerprint density at radius 2 is 1.58 bits per heavy atom. The van der Waals surface area contributed by atoms with Gasteiger partial charge in [-0.15, -0.1) is 0 Å². The van der Waals surface area contributed by atoms with Crippen LogP contribution in [0.15, 0.2) is 72.8 Å². The van der Waals surface area contributed by atoms with Crippen molar-refractivity contribution in [2.75, 3.05) is 19.7 Å². The Morgan fingerprint density at radius 1 is 0.939 bits per heavy atom. The van der Waals surface area contributed by atoms with Gasteiger partial charge in [0.2, 0.25) is 5.91 Å². The largest absolute Gasteiger partial charge is 0.394 e. The highest BCUT2D eigenvalue weighted by molar-refractivity contribution is 5.97. The number of nitrogens with zero attached hydrogens (tertiary/aromatic N) is 2. The molecular formula is C26H22F2N2O3. The second-order valence-corrected chi connectivity index (χ2v) is 8.44. The average Bonchev–Trinajstić information content (AvgIpc) is 2.81. The van der Waals surface area contributed by atoms with Crippen LogP contribution in [-0.2, 0) is 4.79 Å². The summed E-state index contributed by atoms with van der Waals surface area (Å²) in [6.07, 6.45) is 0. The minimum atomic E-state index is -0.618. The standard InChI is InChI=1S/C26H22F2N2O3/c27-19-11-9-17(10-12-19)16-5-7-18(8-6-16)25-22-13-29(14-24(32)30(22)23(25)15-31)26(33)20-3-1-2-4-21(20)28/h1-12,22-23,25,31H,13-15H2/t22-,23-,25-/m1/s1. The zero-order chi connectivity index (χ0) is 23.1. The van der Waals surface area contributed by atoms with Crippen molar-refractivity contribution < 1.29 is 23.5 Å². The van der Waals surface area contributed by atoms with Gasteiger partial charge in [-0.2, -0.15) is 0 Å². The Labute approximate surface area is 189 Å². The summed E-state index contributed by atoms with van der Waals surface area (Å²) in [4.78, 5) is 28.7. The number of carbonyl (C=O) groups is 2. The maximum absolute atomic E-state index is 14.1. The minimum absolute atomic E-state index is 0.0583. The van der Waals surface area contributed by atoms with Gasteiger partial charge in [0.05, 0.1) is 24.3 Å². The normalized spacial score (nSPS) is 22.0. The molecule has 5 rings (SSSR count). The summed E-state index contributed by atoms with van der Waals surface area (Å²) >= 11 is 0. The van der Waals surface area contributed by atoms with Crippen molar-refractivity contribution >= 4 is 11.8 Å². The van der Waals surface area contributed by atoms with Crippen LogP contribution in [0.5, 0.6) is 0 Å². The predicted molar refractivity (Wildman–Crippen MR) is 118 cm³/mol. The van der Waals surface area contributed by atoms with Crippen molar-refractivity contribution in [1.29, 1.82) is 0 Å². The Bertz CT molecular complexity index is 1200. The van der Waals surface area contributed by atoms with E-state index in [0.717, 1.165) is 16.7 Å². The number of fused-ring (bicyclic) bond motifs is 1. The van der Waals surface area contributed by atoms with E-state index in [4.69, 9.17) is 0 Å². The van der Waals surface area contributed by atoms with Crippen LogP contribution < -0.4 is 0 Å². The van der Waals surface area contributed by atoms with E-state index in [-0.39, 0.29) is 55.0 Å². The highest BCUT2D eigenvalue weighted by Gasteiger charge is 2.54. The van der Waals surface area contributed by atoms with Crippen LogP contribution in [0.2, 0.25) is 0 Å². The first-order valence-corrected chi connectivity index (χ1v) is 10.8. The highest BCUT2D eigenvalue weighted by atomic mass is 19.1. The molecule has 2 fully saturated rings. The minimum Gasteiger partial charge on any atom is -0.394 e. The van der Waals surface area contributed by atoms with Crippen LogP contribution in [0, 0.1) is 11.6 Å². The van der Waals surface area contributed by atoms with Crippen LogP contribution in [-0.4, -0.2) is 58.5 Å².